The lowest BCUT2D eigenvalue weighted by Crippen LogP contribution is -2.30. The van der Waals surface area contributed by atoms with E-state index in [1.165, 1.54) is 0 Å². The predicted molar refractivity (Wildman–Crippen MR) is 76.9 cm³/mol. The van der Waals surface area contributed by atoms with Crippen molar-refractivity contribution in [1.82, 2.24) is 10.2 Å². The molecule has 0 aliphatic heterocycles. The third kappa shape index (κ3) is 2.87. The molecule has 0 radical (unpaired) electrons. The minimum Gasteiger partial charge on any atom is -0.417 e. The molecule has 5 nitrogen and oxygen atoms in total. The minimum atomic E-state index is -0.266. The molecule has 2 rings (SSSR count). The van der Waals surface area contributed by atoms with Crippen molar-refractivity contribution in [2.24, 2.45) is 0 Å². The highest BCUT2D eigenvalue weighted by atomic mass is 16.4. The summed E-state index contributed by atoms with van der Waals surface area (Å²) in [6, 6.07) is 7.77. The summed E-state index contributed by atoms with van der Waals surface area (Å²) >= 11 is 0. The van der Waals surface area contributed by atoms with E-state index in [4.69, 9.17) is 4.42 Å². The van der Waals surface area contributed by atoms with E-state index in [2.05, 4.69) is 10.2 Å². The Hall–Kier alpha value is -2.17. The van der Waals surface area contributed by atoms with Crippen LogP contribution in [-0.2, 0) is 0 Å². The van der Waals surface area contributed by atoms with Crippen molar-refractivity contribution in [3.05, 3.63) is 41.6 Å². The maximum absolute atomic E-state index is 12.5. The van der Waals surface area contributed by atoms with Crippen molar-refractivity contribution in [3.63, 3.8) is 0 Å². The normalized spacial score (nSPS) is 10.8. The molecule has 2 aromatic rings. The molecule has 0 N–H and O–H groups in total. The van der Waals surface area contributed by atoms with Crippen LogP contribution in [0, 0.1) is 6.92 Å². The maximum atomic E-state index is 12.5. The first-order chi connectivity index (χ1) is 9.52. The van der Waals surface area contributed by atoms with E-state index in [1.807, 2.05) is 52.0 Å². The van der Waals surface area contributed by atoms with Crippen LogP contribution in [0.5, 0.6) is 0 Å². The summed E-state index contributed by atoms with van der Waals surface area (Å²) in [5.41, 5.74) is 1.93. The number of carbonyl (C=O) groups excluding carboxylic acids is 1. The van der Waals surface area contributed by atoms with Crippen LogP contribution < -0.4 is 4.90 Å². The minimum absolute atomic E-state index is 0.0389. The molecule has 1 aromatic heterocycles. The van der Waals surface area contributed by atoms with E-state index in [0.29, 0.717) is 12.4 Å². The van der Waals surface area contributed by atoms with E-state index in [9.17, 15) is 4.79 Å². The van der Waals surface area contributed by atoms with Gasteiger partial charge in [0.15, 0.2) is 0 Å². The number of aryl methyl sites for hydroxylation is 1. The summed E-state index contributed by atoms with van der Waals surface area (Å²) < 4.78 is 5.43. The summed E-state index contributed by atoms with van der Waals surface area (Å²) in [6.07, 6.45) is 0. The Morgan fingerprint density at radius 1 is 1.35 bits per heavy atom. The van der Waals surface area contributed by atoms with Gasteiger partial charge in [-0.3, -0.25) is 4.79 Å². The van der Waals surface area contributed by atoms with Crippen LogP contribution in [0.2, 0.25) is 0 Å². The number of rotatable bonds is 4. The molecular formula is C15H19N3O2. The molecule has 0 saturated carbocycles. The third-order valence-corrected chi connectivity index (χ3v) is 2.99. The molecule has 1 amide bonds. The van der Waals surface area contributed by atoms with E-state index < -0.39 is 0 Å². The van der Waals surface area contributed by atoms with Crippen LogP contribution in [0.3, 0.4) is 0 Å². The molecular weight excluding hydrogens is 254 g/mol. The Bertz CT molecular complexity index is 605. The van der Waals surface area contributed by atoms with Crippen molar-refractivity contribution in [2.45, 2.75) is 33.6 Å². The summed E-state index contributed by atoms with van der Waals surface area (Å²) in [4.78, 5) is 14.1. The molecule has 0 bridgehead atoms. The fourth-order valence-electron chi connectivity index (χ4n) is 1.91. The van der Waals surface area contributed by atoms with E-state index in [1.54, 1.807) is 4.90 Å². The van der Waals surface area contributed by atoms with Gasteiger partial charge < -0.3 is 9.32 Å². The molecule has 1 heterocycles. The van der Waals surface area contributed by atoms with Crippen molar-refractivity contribution in [2.75, 3.05) is 11.4 Å². The van der Waals surface area contributed by atoms with Crippen LogP contribution >= 0.6 is 0 Å². The second kappa shape index (κ2) is 5.86. The molecule has 20 heavy (non-hydrogen) atoms. The molecule has 0 spiro atoms. The Labute approximate surface area is 118 Å². The summed E-state index contributed by atoms with van der Waals surface area (Å²) in [5.74, 6) is 0.362. The van der Waals surface area contributed by atoms with Crippen LogP contribution in [0.25, 0.3) is 0 Å². The van der Waals surface area contributed by atoms with Gasteiger partial charge in [0, 0.05) is 18.2 Å². The van der Waals surface area contributed by atoms with Gasteiger partial charge in [-0.05, 0) is 31.5 Å². The molecule has 0 aliphatic carbocycles. The molecule has 0 aliphatic rings. The van der Waals surface area contributed by atoms with Crippen LogP contribution in [0.4, 0.5) is 5.69 Å². The van der Waals surface area contributed by atoms with E-state index >= 15 is 0 Å². The fraction of sp³-hybridized carbons (Fsp3) is 0.400. The number of benzene rings is 1. The molecule has 1 aromatic carbocycles. The molecule has 0 atom stereocenters. The maximum Gasteiger partial charge on any atom is 0.315 e. The van der Waals surface area contributed by atoms with E-state index in [0.717, 1.165) is 11.3 Å². The Morgan fingerprint density at radius 2 is 2.10 bits per heavy atom. The second-order valence-electron chi connectivity index (χ2n) is 4.99. The van der Waals surface area contributed by atoms with Gasteiger partial charge in [0.05, 0.1) is 0 Å². The zero-order valence-corrected chi connectivity index (χ0v) is 12.3. The number of amides is 1. The summed E-state index contributed by atoms with van der Waals surface area (Å²) in [5, 5.41) is 7.75. The molecule has 0 fully saturated rings. The highest BCUT2D eigenvalue weighted by Gasteiger charge is 2.23. The lowest BCUT2D eigenvalue weighted by molar-refractivity contribution is 0.0953. The number of carbonyl (C=O) groups is 1. The fourth-order valence-corrected chi connectivity index (χ4v) is 1.91. The topological polar surface area (TPSA) is 59.2 Å². The number of anilines is 1. The van der Waals surface area contributed by atoms with E-state index in [-0.39, 0.29) is 17.7 Å². The molecule has 0 saturated heterocycles. The smallest absolute Gasteiger partial charge is 0.315 e. The van der Waals surface area contributed by atoms with Gasteiger partial charge in [-0.25, -0.2) is 0 Å². The van der Waals surface area contributed by atoms with Crippen molar-refractivity contribution < 1.29 is 9.21 Å². The summed E-state index contributed by atoms with van der Waals surface area (Å²) in [7, 11) is 0. The standard InChI is InChI=1S/C15H19N3O2/c1-5-18(12-8-6-7-11(4)9-12)15(19)14-17-16-13(20-14)10(2)3/h6-10H,5H2,1-4H3. The molecule has 0 unspecified atom stereocenters. The third-order valence-electron chi connectivity index (χ3n) is 2.99. The lowest BCUT2D eigenvalue weighted by Gasteiger charge is -2.19. The second-order valence-corrected chi connectivity index (χ2v) is 4.99. The number of hydrogen-bond acceptors (Lipinski definition) is 4. The number of nitrogens with zero attached hydrogens (tertiary/aromatic N) is 3. The first kappa shape index (κ1) is 14.2. The quantitative estimate of drug-likeness (QED) is 0.858. The van der Waals surface area contributed by atoms with Gasteiger partial charge in [-0.1, -0.05) is 26.0 Å². The van der Waals surface area contributed by atoms with Gasteiger partial charge in [0.1, 0.15) is 0 Å². The van der Waals surface area contributed by atoms with Gasteiger partial charge in [-0.2, -0.15) is 0 Å². The number of hydrogen-bond donors (Lipinski definition) is 0. The highest BCUT2D eigenvalue weighted by molar-refractivity contribution is 6.02. The Balaban J connectivity index is 2.29. The van der Waals surface area contributed by atoms with Crippen molar-refractivity contribution >= 4 is 11.6 Å². The molecule has 5 heteroatoms. The zero-order valence-electron chi connectivity index (χ0n) is 12.3. The van der Waals surface area contributed by atoms with Crippen molar-refractivity contribution in [1.29, 1.82) is 0 Å². The zero-order chi connectivity index (χ0) is 14.7. The van der Waals surface area contributed by atoms with Gasteiger partial charge in [-0.15, -0.1) is 10.2 Å². The SMILES string of the molecule is CCN(C(=O)c1nnc(C(C)C)o1)c1cccc(C)c1. The predicted octanol–water partition coefficient (Wildman–Crippen LogP) is 3.17. The average Bonchev–Trinajstić information content (AvgIpc) is 2.89. The van der Waals surface area contributed by atoms with Gasteiger partial charge in [0.25, 0.3) is 0 Å². The van der Waals surface area contributed by atoms with Crippen LogP contribution in [0.15, 0.2) is 28.7 Å². The lowest BCUT2D eigenvalue weighted by atomic mass is 10.2. The number of aromatic nitrogens is 2. The summed E-state index contributed by atoms with van der Waals surface area (Å²) in [6.45, 7) is 8.34. The largest absolute Gasteiger partial charge is 0.417 e. The average molecular weight is 273 g/mol. The Kier molecular flexibility index (Phi) is 4.17. The monoisotopic (exact) mass is 273 g/mol. The molecule has 106 valence electrons. The van der Waals surface area contributed by atoms with Gasteiger partial charge in [0.2, 0.25) is 5.89 Å². The van der Waals surface area contributed by atoms with Gasteiger partial charge >= 0.3 is 11.8 Å². The van der Waals surface area contributed by atoms with Crippen LogP contribution in [0.1, 0.15) is 48.8 Å². The highest BCUT2D eigenvalue weighted by Crippen LogP contribution is 2.19. The van der Waals surface area contributed by atoms with Crippen molar-refractivity contribution in [3.8, 4) is 0 Å². The Morgan fingerprint density at radius 3 is 2.65 bits per heavy atom. The first-order valence-electron chi connectivity index (χ1n) is 6.74. The first-order valence-corrected chi connectivity index (χ1v) is 6.74. The van der Waals surface area contributed by atoms with Crippen LogP contribution in [-0.4, -0.2) is 22.6 Å².